The van der Waals surface area contributed by atoms with E-state index in [2.05, 4.69) is 0 Å². The molecular formula is C9H11NO4S. The maximum absolute atomic E-state index is 10.9. The summed E-state index contributed by atoms with van der Waals surface area (Å²) in [7, 11) is -3.66. The Morgan fingerprint density at radius 1 is 1.33 bits per heavy atom. The normalized spacial score (nSPS) is 11.1. The molecule has 1 aromatic rings. The fourth-order valence-corrected chi connectivity index (χ4v) is 1.48. The van der Waals surface area contributed by atoms with E-state index in [9.17, 15) is 13.2 Å². The lowest BCUT2D eigenvalue weighted by molar-refractivity contribution is -0.142. The third kappa shape index (κ3) is 3.69. The van der Waals surface area contributed by atoms with Gasteiger partial charge in [-0.2, -0.15) is 0 Å². The predicted molar refractivity (Wildman–Crippen MR) is 53.3 cm³/mol. The van der Waals surface area contributed by atoms with Gasteiger partial charge >= 0.3 is 5.97 Å². The van der Waals surface area contributed by atoms with Gasteiger partial charge in [0, 0.05) is 6.92 Å². The van der Waals surface area contributed by atoms with E-state index in [-0.39, 0.29) is 17.5 Å². The van der Waals surface area contributed by atoms with Gasteiger partial charge in [0.1, 0.15) is 6.61 Å². The van der Waals surface area contributed by atoms with Crippen molar-refractivity contribution in [3.63, 3.8) is 0 Å². The average molecular weight is 229 g/mol. The molecule has 0 heterocycles. The largest absolute Gasteiger partial charge is 0.461 e. The molecule has 1 aromatic carbocycles. The highest BCUT2D eigenvalue weighted by Crippen LogP contribution is 2.09. The van der Waals surface area contributed by atoms with Crippen molar-refractivity contribution in [3.8, 4) is 0 Å². The predicted octanol–water partition coefficient (Wildman–Crippen LogP) is 0.397. The van der Waals surface area contributed by atoms with Gasteiger partial charge in [-0.1, -0.05) is 12.1 Å². The van der Waals surface area contributed by atoms with Gasteiger partial charge in [0.2, 0.25) is 10.0 Å². The van der Waals surface area contributed by atoms with Crippen LogP contribution in [0, 0.1) is 0 Å². The Morgan fingerprint density at radius 2 is 1.87 bits per heavy atom. The number of carbonyl (C=O) groups is 1. The number of primary sulfonamides is 1. The minimum Gasteiger partial charge on any atom is -0.461 e. The quantitative estimate of drug-likeness (QED) is 0.760. The number of nitrogens with two attached hydrogens (primary N) is 1. The third-order valence-corrected chi connectivity index (χ3v) is 2.62. The number of benzene rings is 1. The molecule has 1 rings (SSSR count). The Labute approximate surface area is 87.9 Å². The summed E-state index contributed by atoms with van der Waals surface area (Å²) in [6.07, 6.45) is 0. The van der Waals surface area contributed by atoms with Gasteiger partial charge in [0.25, 0.3) is 0 Å². The van der Waals surface area contributed by atoms with E-state index in [0.29, 0.717) is 5.56 Å². The van der Waals surface area contributed by atoms with E-state index in [0.717, 1.165) is 0 Å². The fraction of sp³-hybridized carbons (Fsp3) is 0.222. The number of rotatable bonds is 3. The lowest BCUT2D eigenvalue weighted by atomic mass is 10.2. The molecule has 2 N–H and O–H groups in total. The van der Waals surface area contributed by atoms with Crippen LogP contribution < -0.4 is 5.14 Å². The molecule has 0 aliphatic rings. The van der Waals surface area contributed by atoms with Gasteiger partial charge in [0.05, 0.1) is 4.90 Å². The topological polar surface area (TPSA) is 86.5 Å². The second-order valence-electron chi connectivity index (χ2n) is 2.97. The number of ether oxygens (including phenoxy) is 1. The van der Waals surface area contributed by atoms with Crippen LogP contribution in [0.2, 0.25) is 0 Å². The maximum atomic E-state index is 10.9. The van der Waals surface area contributed by atoms with E-state index in [1.54, 1.807) is 12.1 Å². The van der Waals surface area contributed by atoms with Gasteiger partial charge < -0.3 is 4.74 Å². The van der Waals surface area contributed by atoms with Gasteiger partial charge in [-0.25, -0.2) is 13.6 Å². The highest BCUT2D eigenvalue weighted by atomic mass is 32.2. The first-order chi connectivity index (χ1) is 6.89. The smallest absolute Gasteiger partial charge is 0.302 e. The summed E-state index contributed by atoms with van der Waals surface area (Å²) >= 11 is 0. The second kappa shape index (κ2) is 4.41. The molecule has 0 fully saturated rings. The van der Waals surface area contributed by atoms with Gasteiger partial charge in [-0.15, -0.1) is 0 Å². The highest BCUT2D eigenvalue weighted by Gasteiger charge is 2.06. The molecule has 5 nitrogen and oxygen atoms in total. The first-order valence-corrected chi connectivity index (χ1v) is 5.69. The monoisotopic (exact) mass is 229 g/mol. The Bertz CT molecular complexity index is 450. The van der Waals surface area contributed by atoms with Crippen LogP contribution in [0.5, 0.6) is 0 Å². The van der Waals surface area contributed by atoms with Crippen molar-refractivity contribution >= 4 is 16.0 Å². The summed E-state index contributed by atoms with van der Waals surface area (Å²) in [4.78, 5) is 10.5. The number of hydrogen-bond donors (Lipinski definition) is 1. The van der Waals surface area contributed by atoms with Gasteiger partial charge in [-0.3, -0.25) is 4.79 Å². The van der Waals surface area contributed by atoms with Crippen molar-refractivity contribution in [2.24, 2.45) is 5.14 Å². The van der Waals surface area contributed by atoms with Crippen LogP contribution in [0.1, 0.15) is 12.5 Å². The molecule has 0 unspecified atom stereocenters. The standard InChI is InChI=1S/C9H11NO4S/c1-7(11)14-6-8-2-4-9(5-3-8)15(10,12)13/h2-5H,6H2,1H3,(H2,10,12,13). The zero-order valence-electron chi connectivity index (χ0n) is 8.14. The molecular weight excluding hydrogens is 218 g/mol. The van der Waals surface area contributed by atoms with Crippen molar-refractivity contribution in [1.29, 1.82) is 0 Å². The van der Waals surface area contributed by atoms with E-state index >= 15 is 0 Å². The molecule has 0 aromatic heterocycles. The number of carbonyl (C=O) groups excluding carboxylic acids is 1. The molecule has 0 aliphatic carbocycles. The van der Waals surface area contributed by atoms with E-state index in [4.69, 9.17) is 9.88 Å². The first-order valence-electron chi connectivity index (χ1n) is 4.15. The maximum Gasteiger partial charge on any atom is 0.302 e. The van der Waals surface area contributed by atoms with Crippen LogP contribution in [-0.2, 0) is 26.2 Å². The summed E-state index contributed by atoms with van der Waals surface area (Å²) in [5.74, 6) is -0.384. The molecule has 0 radical (unpaired) electrons. The summed E-state index contributed by atoms with van der Waals surface area (Å²) in [6.45, 7) is 1.43. The molecule has 82 valence electrons. The van der Waals surface area contributed by atoms with Crippen LogP contribution in [0.3, 0.4) is 0 Å². The van der Waals surface area contributed by atoms with Crippen LogP contribution in [0.25, 0.3) is 0 Å². The lowest BCUT2D eigenvalue weighted by Crippen LogP contribution is -2.12. The van der Waals surface area contributed by atoms with Crippen molar-refractivity contribution in [1.82, 2.24) is 0 Å². The second-order valence-corrected chi connectivity index (χ2v) is 4.53. The Morgan fingerprint density at radius 3 is 2.27 bits per heavy atom. The third-order valence-electron chi connectivity index (χ3n) is 1.69. The van der Waals surface area contributed by atoms with Gasteiger partial charge in [0.15, 0.2) is 0 Å². The summed E-state index contributed by atoms with van der Waals surface area (Å²) in [5.41, 5.74) is 0.706. The minimum atomic E-state index is -3.66. The van der Waals surface area contributed by atoms with E-state index in [1.807, 2.05) is 0 Å². The van der Waals surface area contributed by atoms with E-state index in [1.165, 1.54) is 19.1 Å². The summed E-state index contributed by atoms with van der Waals surface area (Å²) in [5, 5.41) is 4.92. The van der Waals surface area contributed by atoms with Crippen LogP contribution in [0.4, 0.5) is 0 Å². The highest BCUT2D eigenvalue weighted by molar-refractivity contribution is 7.89. The van der Waals surface area contributed by atoms with E-state index < -0.39 is 10.0 Å². The molecule has 0 amide bonds. The molecule has 0 bridgehead atoms. The van der Waals surface area contributed by atoms with Crippen LogP contribution >= 0.6 is 0 Å². The molecule has 0 atom stereocenters. The molecule has 0 spiro atoms. The lowest BCUT2D eigenvalue weighted by Gasteiger charge is -2.03. The Balaban J connectivity index is 2.77. The number of esters is 1. The van der Waals surface area contributed by atoms with Crippen LogP contribution in [0.15, 0.2) is 29.2 Å². The fourth-order valence-electron chi connectivity index (χ4n) is 0.960. The zero-order chi connectivity index (χ0) is 11.5. The minimum absolute atomic E-state index is 0.0362. The molecule has 0 aliphatic heterocycles. The van der Waals surface area contributed by atoms with Crippen molar-refractivity contribution in [2.75, 3.05) is 0 Å². The van der Waals surface area contributed by atoms with Crippen molar-refractivity contribution in [2.45, 2.75) is 18.4 Å². The average Bonchev–Trinajstić information content (AvgIpc) is 2.14. The molecule has 0 saturated heterocycles. The number of hydrogen-bond acceptors (Lipinski definition) is 4. The summed E-state index contributed by atoms with van der Waals surface area (Å²) in [6, 6.07) is 5.83. The van der Waals surface area contributed by atoms with Crippen molar-refractivity contribution < 1.29 is 17.9 Å². The summed E-state index contributed by atoms with van der Waals surface area (Å²) < 4.78 is 26.5. The Kier molecular flexibility index (Phi) is 3.43. The Hall–Kier alpha value is -1.40. The number of sulfonamides is 1. The molecule has 0 saturated carbocycles. The van der Waals surface area contributed by atoms with Crippen molar-refractivity contribution in [3.05, 3.63) is 29.8 Å². The molecule has 6 heteroatoms. The zero-order valence-corrected chi connectivity index (χ0v) is 8.95. The first kappa shape index (κ1) is 11.7. The SMILES string of the molecule is CC(=O)OCc1ccc(S(N)(=O)=O)cc1. The van der Waals surface area contributed by atoms with Gasteiger partial charge in [-0.05, 0) is 17.7 Å². The molecule has 15 heavy (non-hydrogen) atoms. The van der Waals surface area contributed by atoms with Crippen LogP contribution in [-0.4, -0.2) is 14.4 Å².